The van der Waals surface area contributed by atoms with Crippen LogP contribution in [0.2, 0.25) is 0 Å². The third-order valence-electron chi connectivity index (χ3n) is 1.85. The van der Waals surface area contributed by atoms with Crippen molar-refractivity contribution >= 4 is 11.6 Å². The van der Waals surface area contributed by atoms with E-state index in [-0.39, 0.29) is 5.69 Å². The van der Waals surface area contributed by atoms with Gasteiger partial charge in [-0.25, -0.2) is 0 Å². The number of benzene rings is 1. The highest BCUT2D eigenvalue weighted by Gasteiger charge is 2.53. The summed E-state index contributed by atoms with van der Waals surface area (Å²) in [5.74, 6) is -1.53. The maximum Gasteiger partial charge on any atom is 0.594 e. The van der Waals surface area contributed by atoms with Gasteiger partial charge in [0.2, 0.25) is 0 Å². The Morgan fingerprint density at radius 3 is 2.35 bits per heavy atom. The molecule has 1 rings (SSSR count). The van der Waals surface area contributed by atoms with E-state index in [4.69, 9.17) is 4.74 Å². The first kappa shape index (κ1) is 12.8. The molecule has 0 heterocycles. The number of hydrogen-bond donors (Lipinski definition) is 1. The van der Waals surface area contributed by atoms with E-state index in [0.29, 0.717) is 5.75 Å². The SMILES string of the molecule is COc1ccc(NC(=O)C(F)(F)[N+](=O)[O-])cc1. The lowest BCUT2D eigenvalue weighted by molar-refractivity contribution is -0.621. The Morgan fingerprint density at radius 2 is 1.94 bits per heavy atom. The summed E-state index contributed by atoms with van der Waals surface area (Å²) in [5.41, 5.74) is 0.0114. The summed E-state index contributed by atoms with van der Waals surface area (Å²) in [6.07, 6.45) is 0. The van der Waals surface area contributed by atoms with Crippen LogP contribution in [0.5, 0.6) is 5.75 Å². The number of carbonyl (C=O) groups is 1. The number of rotatable bonds is 4. The van der Waals surface area contributed by atoms with Gasteiger partial charge in [0.1, 0.15) is 10.7 Å². The fraction of sp³-hybridized carbons (Fsp3) is 0.222. The minimum absolute atomic E-state index is 0.0114. The summed E-state index contributed by atoms with van der Waals surface area (Å²) >= 11 is 0. The Bertz CT molecular complexity index is 433. The van der Waals surface area contributed by atoms with E-state index >= 15 is 0 Å². The fourth-order valence-corrected chi connectivity index (χ4v) is 0.964. The van der Waals surface area contributed by atoms with E-state index in [1.165, 1.54) is 31.4 Å². The van der Waals surface area contributed by atoms with Crippen LogP contribution in [0.25, 0.3) is 0 Å². The Labute approximate surface area is 94.3 Å². The lowest BCUT2D eigenvalue weighted by Gasteiger charge is -2.08. The molecule has 0 bridgehead atoms. The largest absolute Gasteiger partial charge is 0.594 e. The molecular weight excluding hydrogens is 238 g/mol. The molecule has 0 radical (unpaired) electrons. The van der Waals surface area contributed by atoms with Crippen LogP contribution in [0.3, 0.4) is 0 Å². The van der Waals surface area contributed by atoms with E-state index in [0.717, 1.165) is 0 Å². The van der Waals surface area contributed by atoms with Crippen LogP contribution in [-0.4, -0.2) is 24.0 Å². The smallest absolute Gasteiger partial charge is 0.497 e. The van der Waals surface area contributed by atoms with Crippen LogP contribution in [0.15, 0.2) is 24.3 Å². The van der Waals surface area contributed by atoms with Crippen LogP contribution in [0.4, 0.5) is 14.5 Å². The normalized spacial score (nSPS) is 10.8. The number of anilines is 1. The Balaban J connectivity index is 2.77. The minimum atomic E-state index is -4.65. The second-order valence-electron chi connectivity index (χ2n) is 2.98. The molecule has 92 valence electrons. The second-order valence-corrected chi connectivity index (χ2v) is 2.98. The molecule has 0 aliphatic rings. The highest BCUT2D eigenvalue weighted by Crippen LogP contribution is 2.19. The third-order valence-corrected chi connectivity index (χ3v) is 1.85. The van der Waals surface area contributed by atoms with Crippen LogP contribution in [0.1, 0.15) is 0 Å². The molecule has 0 saturated heterocycles. The monoisotopic (exact) mass is 246 g/mol. The zero-order valence-electron chi connectivity index (χ0n) is 8.65. The van der Waals surface area contributed by atoms with Gasteiger partial charge >= 0.3 is 12.0 Å². The lowest BCUT2D eigenvalue weighted by atomic mass is 10.3. The number of halogens is 2. The van der Waals surface area contributed by atoms with Crippen molar-refractivity contribution in [1.82, 2.24) is 0 Å². The van der Waals surface area contributed by atoms with E-state index in [9.17, 15) is 23.7 Å². The lowest BCUT2D eigenvalue weighted by Crippen LogP contribution is -2.41. The number of nitro groups is 1. The number of nitrogens with zero attached hydrogens (tertiary/aromatic N) is 1. The number of ether oxygens (including phenoxy) is 1. The van der Waals surface area contributed by atoms with Gasteiger partial charge in [-0.3, -0.25) is 14.9 Å². The van der Waals surface area contributed by atoms with Gasteiger partial charge in [0.15, 0.2) is 0 Å². The van der Waals surface area contributed by atoms with Crippen molar-refractivity contribution in [2.75, 3.05) is 12.4 Å². The zero-order valence-corrected chi connectivity index (χ0v) is 8.65. The highest BCUT2D eigenvalue weighted by atomic mass is 19.3. The van der Waals surface area contributed by atoms with E-state index in [1.807, 2.05) is 0 Å². The van der Waals surface area contributed by atoms with Crippen molar-refractivity contribution in [2.24, 2.45) is 0 Å². The molecule has 17 heavy (non-hydrogen) atoms. The van der Waals surface area contributed by atoms with Gasteiger partial charge in [-0.15, -0.1) is 8.78 Å². The molecule has 0 aliphatic carbocycles. The predicted octanol–water partition coefficient (Wildman–Crippen LogP) is 1.50. The van der Waals surface area contributed by atoms with Gasteiger partial charge in [0.25, 0.3) is 0 Å². The van der Waals surface area contributed by atoms with Crippen molar-refractivity contribution in [3.05, 3.63) is 34.4 Å². The standard InChI is InChI=1S/C9H8F2N2O4/c1-17-7-4-2-6(3-5-7)12-8(14)9(10,11)13(15)16/h2-5H,1H3,(H,12,14). The summed E-state index contributed by atoms with van der Waals surface area (Å²) in [6, 6.07) is 0.749. The van der Waals surface area contributed by atoms with Gasteiger partial charge in [-0.2, -0.15) is 0 Å². The third kappa shape index (κ3) is 2.86. The van der Waals surface area contributed by atoms with Crippen LogP contribution in [0, 0.1) is 10.1 Å². The molecule has 1 aromatic carbocycles. The van der Waals surface area contributed by atoms with Crippen molar-refractivity contribution in [2.45, 2.75) is 6.05 Å². The second kappa shape index (κ2) is 4.73. The molecule has 0 aliphatic heterocycles. The maximum absolute atomic E-state index is 12.6. The van der Waals surface area contributed by atoms with Crippen LogP contribution >= 0.6 is 0 Å². The van der Waals surface area contributed by atoms with E-state index in [1.54, 1.807) is 5.32 Å². The topological polar surface area (TPSA) is 81.5 Å². The predicted molar refractivity (Wildman–Crippen MR) is 53.6 cm³/mol. The van der Waals surface area contributed by atoms with Gasteiger partial charge in [0, 0.05) is 5.69 Å². The number of alkyl halides is 2. The van der Waals surface area contributed by atoms with Crippen molar-refractivity contribution in [1.29, 1.82) is 0 Å². The van der Waals surface area contributed by atoms with Gasteiger partial charge in [-0.05, 0) is 24.3 Å². The molecule has 0 unspecified atom stereocenters. The molecular formula is C9H8F2N2O4. The molecule has 0 fully saturated rings. The van der Waals surface area contributed by atoms with Crippen molar-refractivity contribution in [3.8, 4) is 5.75 Å². The van der Waals surface area contributed by atoms with Gasteiger partial charge < -0.3 is 10.1 Å². The average molecular weight is 246 g/mol. The molecule has 0 saturated carbocycles. The zero-order chi connectivity index (χ0) is 13.1. The molecule has 0 spiro atoms. The minimum Gasteiger partial charge on any atom is -0.497 e. The molecule has 6 nitrogen and oxygen atoms in total. The first-order chi connectivity index (χ1) is 7.87. The van der Waals surface area contributed by atoms with E-state index in [2.05, 4.69) is 0 Å². The molecule has 0 atom stereocenters. The van der Waals surface area contributed by atoms with Crippen molar-refractivity contribution < 1.29 is 23.2 Å². The Morgan fingerprint density at radius 1 is 1.41 bits per heavy atom. The Hall–Kier alpha value is -2.25. The van der Waals surface area contributed by atoms with Crippen LogP contribution < -0.4 is 10.1 Å². The molecule has 0 aromatic heterocycles. The van der Waals surface area contributed by atoms with E-state index < -0.39 is 16.9 Å². The first-order valence-electron chi connectivity index (χ1n) is 4.35. The number of carbonyl (C=O) groups excluding carboxylic acids is 1. The fourth-order valence-electron chi connectivity index (χ4n) is 0.964. The van der Waals surface area contributed by atoms with Crippen molar-refractivity contribution in [3.63, 3.8) is 0 Å². The summed E-state index contributed by atoms with van der Waals surface area (Å²) in [7, 11) is 1.41. The van der Waals surface area contributed by atoms with Gasteiger partial charge in [0.05, 0.1) is 7.11 Å². The first-order valence-corrected chi connectivity index (χ1v) is 4.35. The summed E-state index contributed by atoms with van der Waals surface area (Å²) in [4.78, 5) is 18.9. The average Bonchev–Trinajstić information content (AvgIpc) is 2.29. The number of hydrogen-bond acceptors (Lipinski definition) is 4. The summed E-state index contributed by atoms with van der Waals surface area (Å²) in [5, 5.41) is 11.7. The maximum atomic E-state index is 12.6. The molecule has 1 aromatic rings. The molecule has 8 heteroatoms. The number of methoxy groups -OCH3 is 1. The Kier molecular flexibility index (Phi) is 3.56. The summed E-state index contributed by atoms with van der Waals surface area (Å²) in [6.45, 7) is 0. The van der Waals surface area contributed by atoms with Crippen LogP contribution in [-0.2, 0) is 4.79 Å². The summed E-state index contributed by atoms with van der Waals surface area (Å²) < 4.78 is 30.1. The quantitative estimate of drug-likeness (QED) is 0.496. The number of amides is 1. The highest BCUT2D eigenvalue weighted by molar-refractivity contribution is 5.94. The van der Waals surface area contributed by atoms with Gasteiger partial charge in [-0.1, -0.05) is 0 Å². The molecule has 1 N–H and O–H groups in total. The number of nitrogens with one attached hydrogen (secondary N) is 1. The molecule has 1 amide bonds.